The molecule has 29 heavy (non-hydrogen) atoms. The lowest BCUT2D eigenvalue weighted by atomic mass is 9.81. The molecule has 6 heteroatoms. The largest absolute Gasteiger partial charge is 0.508 e. The molecule has 6 nitrogen and oxygen atoms in total. The molecule has 0 aliphatic carbocycles. The molecule has 1 aliphatic heterocycles. The maximum atomic E-state index is 11.4. The van der Waals surface area contributed by atoms with E-state index < -0.39 is 5.97 Å². The van der Waals surface area contributed by atoms with Crippen LogP contribution < -0.4 is 0 Å². The molecule has 3 N–H and O–H groups in total. The van der Waals surface area contributed by atoms with E-state index in [4.69, 9.17) is 4.98 Å². The molecule has 0 spiro atoms. The molecule has 2 aromatic carbocycles. The van der Waals surface area contributed by atoms with Crippen molar-refractivity contribution in [2.24, 2.45) is 11.8 Å². The highest BCUT2D eigenvalue weighted by Crippen LogP contribution is 2.31. The molecule has 1 aliphatic rings. The summed E-state index contributed by atoms with van der Waals surface area (Å²) in [4.78, 5) is 21.8. The van der Waals surface area contributed by atoms with Gasteiger partial charge in [0.15, 0.2) is 0 Å². The quantitative estimate of drug-likeness (QED) is 0.594. The van der Waals surface area contributed by atoms with Gasteiger partial charge in [-0.2, -0.15) is 0 Å². The molecule has 0 saturated carbocycles. The van der Waals surface area contributed by atoms with Crippen molar-refractivity contribution in [3.8, 4) is 5.75 Å². The van der Waals surface area contributed by atoms with Crippen LogP contribution in [0.3, 0.4) is 0 Å². The number of nitrogens with zero attached hydrogens (tertiary/aromatic N) is 2. The number of phenols is 1. The SMILES string of the molecule is Cc1ccc2nc(CC3CN(Cc4ccccc4O)CCC3CC(=O)O)[nH]c2c1. The summed E-state index contributed by atoms with van der Waals surface area (Å²) in [6, 6.07) is 13.6. The zero-order valence-corrected chi connectivity index (χ0v) is 16.6. The Morgan fingerprint density at radius 2 is 2.07 bits per heavy atom. The minimum atomic E-state index is -0.741. The van der Waals surface area contributed by atoms with Gasteiger partial charge in [-0.15, -0.1) is 0 Å². The number of aromatic nitrogens is 2. The number of H-pyrrole nitrogens is 1. The fourth-order valence-corrected chi connectivity index (χ4v) is 4.43. The number of fused-ring (bicyclic) bond motifs is 1. The normalized spacial score (nSPS) is 20.2. The van der Waals surface area contributed by atoms with Crippen molar-refractivity contribution in [3.63, 3.8) is 0 Å². The van der Waals surface area contributed by atoms with Crippen molar-refractivity contribution in [3.05, 3.63) is 59.4 Å². The van der Waals surface area contributed by atoms with Gasteiger partial charge < -0.3 is 15.2 Å². The number of nitrogens with one attached hydrogen (secondary N) is 1. The summed E-state index contributed by atoms with van der Waals surface area (Å²) in [7, 11) is 0. The number of aromatic hydroxyl groups is 1. The number of carboxylic acid groups (broad SMARTS) is 1. The molecule has 1 saturated heterocycles. The summed E-state index contributed by atoms with van der Waals surface area (Å²) in [5.74, 6) is 0.810. The van der Waals surface area contributed by atoms with Crippen molar-refractivity contribution in [1.82, 2.24) is 14.9 Å². The number of carbonyl (C=O) groups is 1. The van der Waals surface area contributed by atoms with Gasteiger partial charge in [-0.05, 0) is 55.5 Å². The summed E-state index contributed by atoms with van der Waals surface area (Å²) in [6.45, 7) is 4.35. The second-order valence-electron chi connectivity index (χ2n) is 8.18. The number of aliphatic carboxylic acids is 1. The van der Waals surface area contributed by atoms with Crippen LogP contribution in [-0.2, 0) is 17.8 Å². The van der Waals surface area contributed by atoms with Gasteiger partial charge >= 0.3 is 5.97 Å². The summed E-state index contributed by atoms with van der Waals surface area (Å²) in [6.07, 6.45) is 1.75. The molecule has 3 aromatic rings. The van der Waals surface area contributed by atoms with Gasteiger partial charge in [0.05, 0.1) is 11.0 Å². The fourth-order valence-electron chi connectivity index (χ4n) is 4.43. The summed E-state index contributed by atoms with van der Waals surface area (Å²) in [5.41, 5.74) is 4.06. The average molecular weight is 393 g/mol. The highest BCUT2D eigenvalue weighted by atomic mass is 16.4. The Kier molecular flexibility index (Phi) is 5.53. The van der Waals surface area contributed by atoms with E-state index in [1.54, 1.807) is 6.07 Å². The van der Waals surface area contributed by atoms with Crippen LogP contribution in [0.5, 0.6) is 5.75 Å². The van der Waals surface area contributed by atoms with Crippen molar-refractivity contribution in [2.75, 3.05) is 13.1 Å². The lowest BCUT2D eigenvalue weighted by Gasteiger charge is -2.38. The summed E-state index contributed by atoms with van der Waals surface area (Å²) >= 11 is 0. The summed E-state index contributed by atoms with van der Waals surface area (Å²) < 4.78 is 0. The summed E-state index contributed by atoms with van der Waals surface area (Å²) in [5, 5.41) is 19.5. The van der Waals surface area contributed by atoms with Crippen molar-refractivity contribution >= 4 is 17.0 Å². The van der Waals surface area contributed by atoms with Crippen molar-refractivity contribution in [1.29, 1.82) is 0 Å². The molecule has 2 atom stereocenters. The highest BCUT2D eigenvalue weighted by Gasteiger charge is 2.31. The molecule has 1 aromatic heterocycles. The second kappa shape index (κ2) is 8.25. The molecule has 4 rings (SSSR count). The van der Waals surface area contributed by atoms with Crippen LogP contribution in [0.25, 0.3) is 11.0 Å². The number of hydrogen-bond donors (Lipinski definition) is 3. The Balaban J connectivity index is 1.52. The monoisotopic (exact) mass is 393 g/mol. The predicted molar refractivity (Wildman–Crippen MR) is 112 cm³/mol. The standard InChI is InChI=1S/C23H27N3O3/c1-15-6-7-19-20(10-15)25-22(24-19)11-18-14-26(9-8-16(18)12-23(28)29)13-17-4-2-3-5-21(17)27/h2-7,10,16,18,27H,8-9,11-14H2,1H3,(H,24,25)(H,28,29). The Morgan fingerprint density at radius 1 is 1.24 bits per heavy atom. The van der Waals surface area contributed by atoms with Gasteiger partial charge in [0.1, 0.15) is 11.6 Å². The molecule has 2 unspecified atom stereocenters. The van der Waals surface area contributed by atoms with E-state index in [1.165, 1.54) is 5.56 Å². The van der Waals surface area contributed by atoms with Crippen LogP contribution in [-0.4, -0.2) is 44.1 Å². The van der Waals surface area contributed by atoms with E-state index >= 15 is 0 Å². The highest BCUT2D eigenvalue weighted by molar-refractivity contribution is 5.75. The molecule has 152 valence electrons. The molecular formula is C23H27N3O3. The van der Waals surface area contributed by atoms with Gasteiger partial charge in [-0.25, -0.2) is 4.98 Å². The lowest BCUT2D eigenvalue weighted by molar-refractivity contribution is -0.139. The van der Waals surface area contributed by atoms with Crippen molar-refractivity contribution in [2.45, 2.75) is 32.7 Å². The van der Waals surface area contributed by atoms with E-state index in [-0.39, 0.29) is 18.3 Å². The number of imidazole rings is 1. The maximum absolute atomic E-state index is 11.4. The van der Waals surface area contributed by atoms with Crippen LogP contribution in [0.2, 0.25) is 0 Å². The van der Waals surface area contributed by atoms with E-state index in [2.05, 4.69) is 28.9 Å². The Bertz CT molecular complexity index is 1010. The smallest absolute Gasteiger partial charge is 0.303 e. The minimum absolute atomic E-state index is 0.128. The zero-order chi connectivity index (χ0) is 20.4. The van der Waals surface area contributed by atoms with Gasteiger partial charge in [-0.1, -0.05) is 24.3 Å². The van der Waals surface area contributed by atoms with Crippen LogP contribution in [0.1, 0.15) is 29.8 Å². The minimum Gasteiger partial charge on any atom is -0.508 e. The molecule has 0 bridgehead atoms. The van der Waals surface area contributed by atoms with Crippen LogP contribution in [0.15, 0.2) is 42.5 Å². The van der Waals surface area contributed by atoms with E-state index in [9.17, 15) is 15.0 Å². The number of benzene rings is 2. The first-order valence-electron chi connectivity index (χ1n) is 10.1. The molecular weight excluding hydrogens is 366 g/mol. The zero-order valence-electron chi connectivity index (χ0n) is 16.6. The Morgan fingerprint density at radius 3 is 2.86 bits per heavy atom. The topological polar surface area (TPSA) is 89.4 Å². The Labute approximate surface area is 170 Å². The third-order valence-corrected chi connectivity index (χ3v) is 5.94. The number of aryl methyl sites for hydroxylation is 1. The number of likely N-dealkylation sites (tertiary alicyclic amines) is 1. The number of phenolic OH excluding ortho intramolecular Hbond substituents is 1. The number of carboxylic acids is 1. The van der Waals surface area contributed by atoms with Gasteiger partial charge in [0.25, 0.3) is 0 Å². The number of para-hydroxylation sites is 1. The average Bonchev–Trinajstić information content (AvgIpc) is 3.06. The van der Waals surface area contributed by atoms with Gasteiger partial charge in [-0.3, -0.25) is 9.69 Å². The lowest BCUT2D eigenvalue weighted by Crippen LogP contribution is -2.41. The van der Waals surface area contributed by atoms with Crippen LogP contribution >= 0.6 is 0 Å². The second-order valence-corrected chi connectivity index (χ2v) is 8.18. The van der Waals surface area contributed by atoms with E-state index in [0.717, 1.165) is 48.4 Å². The number of hydrogen-bond acceptors (Lipinski definition) is 4. The van der Waals surface area contributed by atoms with Crippen molar-refractivity contribution < 1.29 is 15.0 Å². The van der Waals surface area contributed by atoms with Crippen LogP contribution in [0.4, 0.5) is 0 Å². The van der Waals surface area contributed by atoms with E-state index in [0.29, 0.717) is 12.3 Å². The fraction of sp³-hybridized carbons (Fsp3) is 0.391. The predicted octanol–water partition coefficient (Wildman–Crippen LogP) is 3.73. The van der Waals surface area contributed by atoms with E-state index in [1.807, 2.05) is 24.3 Å². The molecule has 2 heterocycles. The maximum Gasteiger partial charge on any atom is 0.303 e. The number of piperidine rings is 1. The molecule has 0 amide bonds. The van der Waals surface area contributed by atoms with Crippen LogP contribution in [0, 0.1) is 18.8 Å². The number of rotatable bonds is 6. The molecule has 0 radical (unpaired) electrons. The first-order chi connectivity index (χ1) is 14.0. The van der Waals surface area contributed by atoms with Gasteiger partial charge in [0, 0.05) is 31.5 Å². The third kappa shape index (κ3) is 4.59. The Hall–Kier alpha value is -2.86. The third-order valence-electron chi connectivity index (χ3n) is 5.94. The number of aromatic amines is 1. The first-order valence-corrected chi connectivity index (χ1v) is 10.1. The molecule has 1 fully saturated rings. The van der Waals surface area contributed by atoms with Gasteiger partial charge in [0.2, 0.25) is 0 Å². The first kappa shape index (κ1) is 19.5.